The van der Waals surface area contributed by atoms with Crippen molar-refractivity contribution in [3.8, 4) is 0 Å². The molecule has 0 fully saturated rings. The van der Waals surface area contributed by atoms with Gasteiger partial charge >= 0.3 is 0 Å². The molecule has 2 aromatic carbocycles. The van der Waals surface area contributed by atoms with Gasteiger partial charge in [0.05, 0.1) is 4.75 Å². The zero-order chi connectivity index (χ0) is 20.7. The first kappa shape index (κ1) is 20.4. The molecule has 0 aliphatic heterocycles. The highest BCUT2D eigenvalue weighted by molar-refractivity contribution is 7.94. The van der Waals surface area contributed by atoms with E-state index in [0.29, 0.717) is 11.3 Å². The lowest BCUT2D eigenvalue weighted by atomic mass is 10.1. The summed E-state index contributed by atoms with van der Waals surface area (Å²) in [6.07, 6.45) is 0. The van der Waals surface area contributed by atoms with E-state index >= 15 is 0 Å². The predicted molar refractivity (Wildman–Crippen MR) is 118 cm³/mol. The van der Waals surface area contributed by atoms with Gasteiger partial charge in [0.2, 0.25) is 10.0 Å². The average molecular weight is 417 g/mol. The van der Waals surface area contributed by atoms with Crippen LogP contribution in [0.25, 0.3) is 10.1 Å². The molecule has 0 atom stereocenters. The highest BCUT2D eigenvalue weighted by atomic mass is 32.2. The number of benzene rings is 2. The molecule has 0 aliphatic carbocycles. The van der Waals surface area contributed by atoms with Gasteiger partial charge in [0.25, 0.3) is 5.91 Å². The molecule has 0 spiro atoms. The lowest BCUT2D eigenvalue weighted by Crippen LogP contribution is -2.33. The van der Waals surface area contributed by atoms with Crippen LogP contribution < -0.4 is 10.0 Å². The van der Waals surface area contributed by atoms with Crippen molar-refractivity contribution in [1.29, 1.82) is 0 Å². The van der Waals surface area contributed by atoms with Crippen LogP contribution in [0.1, 0.15) is 42.3 Å². The molecule has 0 saturated heterocycles. The van der Waals surface area contributed by atoms with E-state index in [1.807, 2.05) is 25.3 Å². The lowest BCUT2D eigenvalue weighted by molar-refractivity contribution is 0.102. The Morgan fingerprint density at radius 3 is 2.29 bits per heavy atom. The second-order valence-electron chi connectivity index (χ2n) is 7.78. The highest BCUT2D eigenvalue weighted by Crippen LogP contribution is 2.32. The summed E-state index contributed by atoms with van der Waals surface area (Å²) in [7, 11) is -3.51. The van der Waals surface area contributed by atoms with E-state index in [0.717, 1.165) is 22.2 Å². The van der Waals surface area contributed by atoms with Gasteiger partial charge in [-0.2, -0.15) is 0 Å². The first-order valence-electron chi connectivity index (χ1n) is 8.91. The van der Waals surface area contributed by atoms with Gasteiger partial charge in [-0.25, -0.2) is 8.42 Å². The fourth-order valence-corrected chi connectivity index (χ4v) is 4.45. The lowest BCUT2D eigenvalue weighted by Gasteiger charge is -2.20. The van der Waals surface area contributed by atoms with Crippen LogP contribution in [0.2, 0.25) is 0 Å². The summed E-state index contributed by atoms with van der Waals surface area (Å²) in [4.78, 5) is 12.7. The van der Waals surface area contributed by atoms with Crippen molar-refractivity contribution in [3.05, 3.63) is 58.5 Å². The zero-order valence-electron chi connectivity index (χ0n) is 16.6. The van der Waals surface area contributed by atoms with Crippen molar-refractivity contribution in [1.82, 2.24) is 0 Å². The summed E-state index contributed by atoms with van der Waals surface area (Å²) in [6.45, 7) is 8.92. The summed E-state index contributed by atoms with van der Waals surface area (Å²) in [5.41, 5.74) is 3.83. The molecule has 0 saturated carbocycles. The summed E-state index contributed by atoms with van der Waals surface area (Å²) in [5, 5.41) is 6.16. The summed E-state index contributed by atoms with van der Waals surface area (Å²) in [5.74, 6) is -0.234. The van der Waals surface area contributed by atoms with E-state index in [2.05, 4.69) is 16.1 Å². The second-order valence-corrected chi connectivity index (χ2v) is 11.1. The Kier molecular flexibility index (Phi) is 5.25. The fourth-order valence-electron chi connectivity index (χ4n) is 2.77. The number of thiophene rings is 1. The third kappa shape index (κ3) is 3.91. The summed E-state index contributed by atoms with van der Waals surface area (Å²) in [6, 6.07) is 10.5. The topological polar surface area (TPSA) is 75.3 Å². The second kappa shape index (κ2) is 7.22. The molecule has 1 amide bonds. The van der Waals surface area contributed by atoms with Crippen LogP contribution in [0, 0.1) is 13.8 Å². The number of sulfonamides is 1. The van der Waals surface area contributed by atoms with E-state index in [-0.39, 0.29) is 5.91 Å². The molecule has 5 nitrogen and oxygen atoms in total. The Balaban J connectivity index is 1.80. The zero-order valence-corrected chi connectivity index (χ0v) is 18.2. The smallest absolute Gasteiger partial charge is 0.255 e. The minimum absolute atomic E-state index is 0.234. The molecule has 3 aromatic rings. The Labute approximate surface area is 169 Å². The fraction of sp³-hybridized carbons (Fsp3) is 0.286. The van der Waals surface area contributed by atoms with Crippen LogP contribution in [0.5, 0.6) is 0 Å². The minimum atomic E-state index is -3.51. The Morgan fingerprint density at radius 1 is 1.04 bits per heavy atom. The van der Waals surface area contributed by atoms with Crippen LogP contribution >= 0.6 is 11.3 Å². The van der Waals surface area contributed by atoms with E-state index < -0.39 is 14.8 Å². The number of hydrogen-bond acceptors (Lipinski definition) is 4. The van der Waals surface area contributed by atoms with E-state index in [4.69, 9.17) is 0 Å². The Bertz CT molecular complexity index is 1140. The van der Waals surface area contributed by atoms with Crippen molar-refractivity contribution in [3.63, 3.8) is 0 Å². The number of amides is 1. The number of carbonyl (C=O) groups excluding carboxylic acids is 1. The monoisotopic (exact) mass is 416 g/mol. The maximum atomic E-state index is 12.7. The van der Waals surface area contributed by atoms with Gasteiger partial charge in [0.1, 0.15) is 0 Å². The quantitative estimate of drug-likeness (QED) is 0.605. The molecule has 0 unspecified atom stereocenters. The number of fused-ring (bicyclic) bond motifs is 1. The van der Waals surface area contributed by atoms with E-state index in [1.165, 1.54) is 4.70 Å². The van der Waals surface area contributed by atoms with Crippen molar-refractivity contribution >= 4 is 48.7 Å². The first-order valence-corrected chi connectivity index (χ1v) is 11.3. The van der Waals surface area contributed by atoms with Gasteiger partial charge in [0, 0.05) is 21.6 Å². The van der Waals surface area contributed by atoms with E-state index in [1.54, 1.807) is 56.4 Å². The molecular weight excluding hydrogens is 392 g/mol. The standard InChI is InChI=1S/C21H24N2O3S2/c1-13-12-18(14(2)17-10-11-27-19(13)17)22-20(24)15-6-8-16(9-7-15)23-28(25,26)21(3,4)5/h6-12,23H,1-5H3,(H,22,24). The predicted octanol–water partition coefficient (Wildman–Crippen LogP) is 5.31. The average Bonchev–Trinajstić information content (AvgIpc) is 3.09. The van der Waals surface area contributed by atoms with Crippen molar-refractivity contribution in [2.24, 2.45) is 0 Å². The van der Waals surface area contributed by atoms with Crippen LogP contribution in [-0.4, -0.2) is 19.1 Å². The molecule has 3 rings (SSSR count). The van der Waals surface area contributed by atoms with Crippen LogP contribution in [0.4, 0.5) is 11.4 Å². The molecule has 1 aromatic heterocycles. The van der Waals surface area contributed by atoms with Gasteiger partial charge in [-0.05, 0) is 92.9 Å². The van der Waals surface area contributed by atoms with Gasteiger partial charge in [-0.1, -0.05) is 0 Å². The number of hydrogen-bond donors (Lipinski definition) is 2. The summed E-state index contributed by atoms with van der Waals surface area (Å²) >= 11 is 1.69. The van der Waals surface area contributed by atoms with Gasteiger partial charge < -0.3 is 5.32 Å². The number of anilines is 2. The number of nitrogens with one attached hydrogen (secondary N) is 2. The molecular formula is C21H24N2O3S2. The molecule has 2 N–H and O–H groups in total. The highest BCUT2D eigenvalue weighted by Gasteiger charge is 2.28. The molecule has 0 aliphatic rings. The van der Waals surface area contributed by atoms with E-state index in [9.17, 15) is 13.2 Å². The van der Waals surface area contributed by atoms with Gasteiger partial charge in [-0.3, -0.25) is 9.52 Å². The van der Waals surface area contributed by atoms with Crippen molar-refractivity contribution in [2.75, 3.05) is 10.0 Å². The number of aryl methyl sites for hydroxylation is 2. The van der Waals surface area contributed by atoms with Crippen molar-refractivity contribution in [2.45, 2.75) is 39.4 Å². The molecule has 7 heteroatoms. The van der Waals surface area contributed by atoms with Gasteiger partial charge in [0.15, 0.2) is 0 Å². The Hall–Kier alpha value is -2.38. The normalized spacial score (nSPS) is 12.2. The largest absolute Gasteiger partial charge is 0.322 e. The third-order valence-corrected chi connectivity index (χ3v) is 7.81. The SMILES string of the molecule is Cc1c(NC(=O)c2ccc(NS(=O)(=O)C(C)(C)C)cc2)cc(C)c2sccc12. The molecule has 28 heavy (non-hydrogen) atoms. The third-order valence-electron chi connectivity index (χ3n) is 4.65. The van der Waals surface area contributed by atoms with Crippen LogP contribution in [-0.2, 0) is 10.0 Å². The van der Waals surface area contributed by atoms with Crippen LogP contribution in [0.3, 0.4) is 0 Å². The molecule has 0 radical (unpaired) electrons. The number of carbonyl (C=O) groups is 1. The minimum Gasteiger partial charge on any atom is -0.322 e. The Morgan fingerprint density at radius 2 is 1.68 bits per heavy atom. The van der Waals surface area contributed by atoms with Crippen molar-refractivity contribution < 1.29 is 13.2 Å². The molecule has 148 valence electrons. The summed E-state index contributed by atoms with van der Waals surface area (Å²) < 4.78 is 27.4. The van der Waals surface area contributed by atoms with Gasteiger partial charge in [-0.15, -0.1) is 11.3 Å². The number of rotatable bonds is 4. The maximum Gasteiger partial charge on any atom is 0.255 e. The maximum absolute atomic E-state index is 12.7. The molecule has 0 bridgehead atoms. The molecule has 1 heterocycles. The first-order chi connectivity index (χ1) is 13.0. The van der Waals surface area contributed by atoms with Crippen LogP contribution in [0.15, 0.2) is 41.8 Å².